The Hall–Kier alpha value is -1.11. The number of thioether (sulfide) groups is 1. The standard InChI is InChI=1S/C13H15N3S3/c1-8-7-19-11(16-8)6-15-9-4-3-5-10(18-2)12(9)13(14)17/h3-5,7,15H,6H2,1-2H3,(H2,14,17). The van der Waals surface area contributed by atoms with Crippen LogP contribution >= 0.6 is 35.3 Å². The van der Waals surface area contributed by atoms with E-state index in [-0.39, 0.29) is 0 Å². The smallest absolute Gasteiger partial charge is 0.112 e. The number of nitrogens with zero attached hydrogens (tertiary/aromatic N) is 1. The molecule has 0 aliphatic heterocycles. The van der Waals surface area contributed by atoms with Gasteiger partial charge in [0.15, 0.2) is 0 Å². The molecule has 0 fully saturated rings. The van der Waals surface area contributed by atoms with E-state index < -0.39 is 0 Å². The van der Waals surface area contributed by atoms with E-state index in [4.69, 9.17) is 18.0 Å². The van der Waals surface area contributed by atoms with Crippen LogP contribution in [-0.4, -0.2) is 16.2 Å². The summed E-state index contributed by atoms with van der Waals surface area (Å²) in [5, 5.41) is 6.47. The summed E-state index contributed by atoms with van der Waals surface area (Å²) in [6.45, 7) is 2.68. The number of rotatable bonds is 5. The van der Waals surface area contributed by atoms with Crippen molar-refractivity contribution in [2.75, 3.05) is 11.6 Å². The maximum Gasteiger partial charge on any atom is 0.112 e. The van der Waals surface area contributed by atoms with Crippen molar-refractivity contribution < 1.29 is 0 Å². The van der Waals surface area contributed by atoms with Crippen LogP contribution in [0.1, 0.15) is 16.3 Å². The lowest BCUT2D eigenvalue weighted by Crippen LogP contribution is -2.14. The van der Waals surface area contributed by atoms with Gasteiger partial charge in [0.05, 0.1) is 6.54 Å². The lowest BCUT2D eigenvalue weighted by atomic mass is 10.1. The highest BCUT2D eigenvalue weighted by Gasteiger charge is 2.10. The predicted molar refractivity (Wildman–Crippen MR) is 88.3 cm³/mol. The minimum atomic E-state index is 0.419. The van der Waals surface area contributed by atoms with Gasteiger partial charge in [-0.25, -0.2) is 4.98 Å². The molecule has 19 heavy (non-hydrogen) atoms. The zero-order valence-corrected chi connectivity index (χ0v) is 13.2. The monoisotopic (exact) mass is 309 g/mol. The molecule has 0 spiro atoms. The van der Waals surface area contributed by atoms with Crippen LogP contribution in [-0.2, 0) is 6.54 Å². The predicted octanol–water partition coefficient (Wildman–Crippen LogP) is 3.42. The van der Waals surface area contributed by atoms with Gasteiger partial charge in [-0.3, -0.25) is 0 Å². The quantitative estimate of drug-likeness (QED) is 0.655. The fourth-order valence-corrected chi connectivity index (χ4v) is 3.39. The van der Waals surface area contributed by atoms with Crippen LogP contribution in [0.15, 0.2) is 28.5 Å². The van der Waals surface area contributed by atoms with Crippen LogP contribution in [0.3, 0.4) is 0 Å². The van der Waals surface area contributed by atoms with E-state index in [0.29, 0.717) is 11.5 Å². The molecule has 1 aromatic carbocycles. The summed E-state index contributed by atoms with van der Waals surface area (Å²) in [7, 11) is 0. The van der Waals surface area contributed by atoms with Gasteiger partial charge in [-0.1, -0.05) is 18.3 Å². The van der Waals surface area contributed by atoms with Crippen molar-refractivity contribution in [1.82, 2.24) is 4.98 Å². The third kappa shape index (κ3) is 3.46. The van der Waals surface area contributed by atoms with Crippen LogP contribution < -0.4 is 11.1 Å². The summed E-state index contributed by atoms with van der Waals surface area (Å²) >= 11 is 8.44. The van der Waals surface area contributed by atoms with E-state index in [1.807, 2.05) is 36.8 Å². The third-order valence-corrected chi connectivity index (χ3v) is 4.54. The fraction of sp³-hybridized carbons (Fsp3) is 0.231. The van der Waals surface area contributed by atoms with E-state index in [9.17, 15) is 0 Å². The molecule has 1 heterocycles. The van der Waals surface area contributed by atoms with Crippen molar-refractivity contribution in [2.24, 2.45) is 5.73 Å². The van der Waals surface area contributed by atoms with Crippen LogP contribution in [0.5, 0.6) is 0 Å². The van der Waals surface area contributed by atoms with E-state index in [0.717, 1.165) is 26.8 Å². The highest BCUT2D eigenvalue weighted by Crippen LogP contribution is 2.27. The number of hydrogen-bond acceptors (Lipinski definition) is 5. The molecule has 0 aliphatic carbocycles. The molecule has 0 amide bonds. The molecule has 0 bridgehead atoms. The van der Waals surface area contributed by atoms with Gasteiger partial charge in [0.1, 0.15) is 10.00 Å². The van der Waals surface area contributed by atoms with Gasteiger partial charge in [0.2, 0.25) is 0 Å². The summed E-state index contributed by atoms with van der Waals surface area (Å²) in [6.07, 6.45) is 2.02. The Bertz CT molecular complexity index is 593. The maximum absolute atomic E-state index is 5.83. The van der Waals surface area contributed by atoms with Gasteiger partial charge < -0.3 is 11.1 Å². The Morgan fingerprint density at radius 1 is 1.53 bits per heavy atom. The second-order valence-corrected chi connectivity index (χ2v) is 6.21. The van der Waals surface area contributed by atoms with E-state index in [2.05, 4.69) is 10.3 Å². The van der Waals surface area contributed by atoms with Crippen molar-refractivity contribution in [1.29, 1.82) is 0 Å². The SMILES string of the molecule is CSc1cccc(NCc2nc(C)cs2)c1C(N)=S. The molecule has 3 nitrogen and oxygen atoms in total. The molecule has 0 atom stereocenters. The zero-order chi connectivity index (χ0) is 13.8. The second-order valence-electron chi connectivity index (χ2n) is 3.98. The number of thiazole rings is 1. The first-order valence-electron chi connectivity index (χ1n) is 5.73. The Balaban J connectivity index is 2.22. The van der Waals surface area contributed by atoms with E-state index >= 15 is 0 Å². The normalized spacial score (nSPS) is 10.4. The first kappa shape index (κ1) is 14.3. The lowest BCUT2D eigenvalue weighted by Gasteiger charge is -2.13. The number of aryl methyl sites for hydroxylation is 1. The molecule has 2 rings (SSSR count). The fourth-order valence-electron chi connectivity index (χ4n) is 1.76. The van der Waals surface area contributed by atoms with Crippen LogP contribution in [0.2, 0.25) is 0 Å². The number of nitrogens with two attached hydrogens (primary N) is 1. The molecule has 0 saturated carbocycles. The summed E-state index contributed by atoms with van der Waals surface area (Å²) in [4.78, 5) is 5.94. The van der Waals surface area contributed by atoms with Crippen molar-refractivity contribution in [3.8, 4) is 0 Å². The third-order valence-electron chi connectivity index (χ3n) is 2.59. The first-order valence-corrected chi connectivity index (χ1v) is 8.24. The van der Waals surface area contributed by atoms with Gasteiger partial charge in [0.25, 0.3) is 0 Å². The molecule has 1 aromatic heterocycles. The number of anilines is 1. The highest BCUT2D eigenvalue weighted by atomic mass is 32.2. The summed E-state index contributed by atoms with van der Waals surface area (Å²) in [5.41, 5.74) is 8.76. The van der Waals surface area contributed by atoms with Gasteiger partial charge in [-0.2, -0.15) is 0 Å². The number of thiocarbonyl (C=S) groups is 1. The number of nitrogens with one attached hydrogen (secondary N) is 1. The highest BCUT2D eigenvalue weighted by molar-refractivity contribution is 7.98. The molecular weight excluding hydrogens is 294 g/mol. The number of benzene rings is 1. The lowest BCUT2D eigenvalue weighted by molar-refractivity contribution is 1.07. The Morgan fingerprint density at radius 2 is 2.32 bits per heavy atom. The van der Waals surface area contributed by atoms with Crippen molar-refractivity contribution in [3.63, 3.8) is 0 Å². The van der Waals surface area contributed by atoms with E-state index in [1.165, 1.54) is 0 Å². The summed E-state index contributed by atoms with van der Waals surface area (Å²) in [5.74, 6) is 0. The molecular formula is C13H15N3S3. The molecule has 3 N–H and O–H groups in total. The molecule has 0 saturated heterocycles. The Morgan fingerprint density at radius 3 is 2.89 bits per heavy atom. The average molecular weight is 309 g/mol. The van der Waals surface area contributed by atoms with Gasteiger partial charge >= 0.3 is 0 Å². The molecule has 0 unspecified atom stereocenters. The average Bonchev–Trinajstić information content (AvgIpc) is 2.81. The van der Waals surface area contributed by atoms with Gasteiger partial charge in [-0.15, -0.1) is 23.1 Å². The molecule has 100 valence electrons. The second kappa shape index (κ2) is 6.36. The van der Waals surface area contributed by atoms with E-state index in [1.54, 1.807) is 23.1 Å². The van der Waals surface area contributed by atoms with Crippen molar-refractivity contribution >= 4 is 46.0 Å². The molecule has 0 radical (unpaired) electrons. The maximum atomic E-state index is 5.83. The topological polar surface area (TPSA) is 50.9 Å². The Labute approximate surface area is 126 Å². The minimum absolute atomic E-state index is 0.419. The molecule has 2 aromatic rings. The summed E-state index contributed by atoms with van der Waals surface area (Å²) in [6, 6.07) is 6.02. The van der Waals surface area contributed by atoms with Crippen LogP contribution in [0.25, 0.3) is 0 Å². The zero-order valence-electron chi connectivity index (χ0n) is 10.8. The largest absolute Gasteiger partial charge is 0.389 e. The number of aromatic nitrogens is 1. The molecule has 6 heteroatoms. The van der Waals surface area contributed by atoms with Crippen molar-refractivity contribution in [2.45, 2.75) is 18.4 Å². The number of hydrogen-bond donors (Lipinski definition) is 2. The van der Waals surface area contributed by atoms with Crippen molar-refractivity contribution in [3.05, 3.63) is 39.8 Å². The molecule has 0 aliphatic rings. The van der Waals surface area contributed by atoms with Gasteiger partial charge in [-0.05, 0) is 25.3 Å². The Kier molecular flexibility index (Phi) is 4.79. The summed E-state index contributed by atoms with van der Waals surface area (Å²) < 4.78 is 0. The van der Waals surface area contributed by atoms with Gasteiger partial charge in [0, 0.05) is 27.2 Å². The van der Waals surface area contributed by atoms with Crippen LogP contribution in [0.4, 0.5) is 5.69 Å². The van der Waals surface area contributed by atoms with Crippen LogP contribution in [0, 0.1) is 6.92 Å². The first-order chi connectivity index (χ1) is 9.11. The minimum Gasteiger partial charge on any atom is -0.389 e.